The van der Waals surface area contributed by atoms with Crippen LogP contribution < -0.4 is 4.74 Å². The van der Waals surface area contributed by atoms with Gasteiger partial charge in [0.1, 0.15) is 11.5 Å². The van der Waals surface area contributed by atoms with Gasteiger partial charge in [-0.3, -0.25) is 4.79 Å². The standard InChI is InChI=1S/C19H18N2O3/c20-12-14-6-8-17(9-7-14)24-18-5-1-3-15(11-18)19(23)21-10-2-4-16(22)13-21/h1,3,5-9,11,16,22H,2,4,10,13H2. The van der Waals surface area contributed by atoms with Crippen LogP contribution in [0.4, 0.5) is 0 Å². The average Bonchev–Trinajstić information content (AvgIpc) is 2.62. The van der Waals surface area contributed by atoms with Gasteiger partial charge in [-0.05, 0) is 55.3 Å². The van der Waals surface area contributed by atoms with E-state index in [1.165, 1.54) is 0 Å². The molecule has 24 heavy (non-hydrogen) atoms. The highest BCUT2D eigenvalue weighted by molar-refractivity contribution is 5.94. The third-order valence-corrected chi connectivity index (χ3v) is 3.98. The highest BCUT2D eigenvalue weighted by Gasteiger charge is 2.23. The Balaban J connectivity index is 1.73. The van der Waals surface area contributed by atoms with Crippen LogP contribution in [0.5, 0.6) is 11.5 Å². The fourth-order valence-corrected chi connectivity index (χ4v) is 2.75. The van der Waals surface area contributed by atoms with Crippen molar-refractivity contribution in [3.05, 3.63) is 59.7 Å². The molecule has 0 aliphatic carbocycles. The molecule has 2 aromatic carbocycles. The summed E-state index contributed by atoms with van der Waals surface area (Å²) in [5, 5.41) is 18.5. The van der Waals surface area contributed by atoms with Crippen molar-refractivity contribution in [2.75, 3.05) is 13.1 Å². The van der Waals surface area contributed by atoms with Gasteiger partial charge in [0.15, 0.2) is 0 Å². The molecule has 0 saturated carbocycles. The Labute approximate surface area is 140 Å². The van der Waals surface area contributed by atoms with Crippen LogP contribution in [0.15, 0.2) is 48.5 Å². The van der Waals surface area contributed by atoms with E-state index in [1.807, 2.05) is 0 Å². The van der Waals surface area contributed by atoms with Gasteiger partial charge in [-0.15, -0.1) is 0 Å². The number of carbonyl (C=O) groups is 1. The molecule has 3 rings (SSSR count). The second kappa shape index (κ2) is 7.16. The Morgan fingerprint density at radius 1 is 1.21 bits per heavy atom. The Kier molecular flexibility index (Phi) is 4.78. The number of nitrogens with zero attached hydrogens (tertiary/aromatic N) is 2. The van der Waals surface area contributed by atoms with Gasteiger partial charge < -0.3 is 14.7 Å². The lowest BCUT2D eigenvalue weighted by Gasteiger charge is -2.30. The number of aliphatic hydroxyl groups excluding tert-OH is 1. The van der Waals surface area contributed by atoms with Gasteiger partial charge >= 0.3 is 0 Å². The molecule has 0 spiro atoms. The number of ether oxygens (including phenoxy) is 1. The summed E-state index contributed by atoms with van der Waals surface area (Å²) in [4.78, 5) is 14.2. The number of rotatable bonds is 3. The monoisotopic (exact) mass is 322 g/mol. The molecule has 5 heteroatoms. The van der Waals surface area contributed by atoms with E-state index in [1.54, 1.807) is 53.4 Å². The zero-order chi connectivity index (χ0) is 16.9. The van der Waals surface area contributed by atoms with Crippen molar-refractivity contribution in [2.45, 2.75) is 18.9 Å². The number of aliphatic hydroxyl groups is 1. The van der Waals surface area contributed by atoms with Gasteiger partial charge in [-0.1, -0.05) is 6.07 Å². The zero-order valence-corrected chi connectivity index (χ0v) is 13.2. The molecule has 0 radical (unpaired) electrons. The number of piperidine rings is 1. The highest BCUT2D eigenvalue weighted by Crippen LogP contribution is 2.23. The zero-order valence-electron chi connectivity index (χ0n) is 13.2. The summed E-state index contributed by atoms with van der Waals surface area (Å²) in [7, 11) is 0. The van der Waals surface area contributed by atoms with Gasteiger partial charge in [0, 0.05) is 18.7 Å². The molecule has 5 nitrogen and oxygen atoms in total. The van der Waals surface area contributed by atoms with Crippen LogP contribution in [-0.2, 0) is 0 Å². The number of hydrogen-bond acceptors (Lipinski definition) is 4. The third kappa shape index (κ3) is 3.73. The largest absolute Gasteiger partial charge is 0.457 e. The normalized spacial score (nSPS) is 17.2. The van der Waals surface area contributed by atoms with Crippen LogP contribution in [0.3, 0.4) is 0 Å². The predicted molar refractivity (Wildman–Crippen MR) is 88.8 cm³/mol. The van der Waals surface area contributed by atoms with Crippen molar-refractivity contribution in [3.8, 4) is 17.6 Å². The third-order valence-electron chi connectivity index (χ3n) is 3.98. The molecular weight excluding hydrogens is 304 g/mol. The maximum atomic E-state index is 12.6. The summed E-state index contributed by atoms with van der Waals surface area (Å²) in [6.45, 7) is 1.04. The minimum absolute atomic E-state index is 0.0981. The highest BCUT2D eigenvalue weighted by atomic mass is 16.5. The molecule has 1 fully saturated rings. The van der Waals surface area contributed by atoms with Gasteiger partial charge in [0.25, 0.3) is 5.91 Å². The fraction of sp³-hybridized carbons (Fsp3) is 0.263. The minimum Gasteiger partial charge on any atom is -0.457 e. The van der Waals surface area contributed by atoms with Crippen LogP contribution in [0.2, 0.25) is 0 Å². The summed E-state index contributed by atoms with van der Waals surface area (Å²) in [6, 6.07) is 15.8. The van der Waals surface area contributed by atoms with Gasteiger partial charge in [0.05, 0.1) is 17.7 Å². The predicted octanol–water partition coefficient (Wildman–Crippen LogP) is 2.95. The first kappa shape index (κ1) is 16.0. The molecule has 122 valence electrons. The SMILES string of the molecule is N#Cc1ccc(Oc2cccc(C(=O)N3CCCC(O)C3)c2)cc1. The first-order valence-electron chi connectivity index (χ1n) is 7.91. The molecular formula is C19H18N2O3. The number of hydrogen-bond donors (Lipinski definition) is 1. The van der Waals surface area contributed by atoms with Crippen molar-refractivity contribution >= 4 is 5.91 Å². The molecule has 1 atom stereocenters. The van der Waals surface area contributed by atoms with E-state index >= 15 is 0 Å². The van der Waals surface area contributed by atoms with Crippen molar-refractivity contribution < 1.29 is 14.6 Å². The first-order valence-corrected chi connectivity index (χ1v) is 7.91. The van der Waals surface area contributed by atoms with Crippen molar-refractivity contribution in [1.29, 1.82) is 5.26 Å². The second-order valence-electron chi connectivity index (χ2n) is 5.81. The van der Waals surface area contributed by atoms with E-state index in [0.29, 0.717) is 35.7 Å². The van der Waals surface area contributed by atoms with Crippen LogP contribution in [-0.4, -0.2) is 35.1 Å². The van der Waals surface area contributed by atoms with Crippen molar-refractivity contribution in [1.82, 2.24) is 4.90 Å². The van der Waals surface area contributed by atoms with Crippen LogP contribution >= 0.6 is 0 Å². The van der Waals surface area contributed by atoms with E-state index in [9.17, 15) is 9.90 Å². The quantitative estimate of drug-likeness (QED) is 0.943. The molecule has 1 heterocycles. The lowest BCUT2D eigenvalue weighted by atomic mass is 10.1. The number of carbonyl (C=O) groups excluding carboxylic acids is 1. The van der Waals surface area contributed by atoms with Crippen LogP contribution in [0, 0.1) is 11.3 Å². The molecule has 1 aliphatic heterocycles. The van der Waals surface area contributed by atoms with Gasteiger partial charge in [-0.25, -0.2) is 0 Å². The number of likely N-dealkylation sites (tertiary alicyclic amines) is 1. The van der Waals surface area contributed by atoms with Crippen LogP contribution in [0.1, 0.15) is 28.8 Å². The summed E-state index contributed by atoms with van der Waals surface area (Å²) in [5.74, 6) is 1.06. The molecule has 1 N–H and O–H groups in total. The molecule has 1 saturated heterocycles. The molecule has 0 aromatic heterocycles. The van der Waals surface area contributed by atoms with E-state index in [-0.39, 0.29) is 5.91 Å². The summed E-state index contributed by atoms with van der Waals surface area (Å²) >= 11 is 0. The smallest absolute Gasteiger partial charge is 0.254 e. The van der Waals surface area contributed by atoms with Crippen molar-refractivity contribution in [3.63, 3.8) is 0 Å². The number of benzene rings is 2. The van der Waals surface area contributed by atoms with Gasteiger partial charge in [-0.2, -0.15) is 5.26 Å². The van der Waals surface area contributed by atoms with Crippen molar-refractivity contribution in [2.24, 2.45) is 0 Å². The average molecular weight is 322 g/mol. The Bertz CT molecular complexity index is 765. The number of β-amino-alcohol motifs (C(OH)–C–C–N with tert-alkyl or cyclic N) is 1. The topological polar surface area (TPSA) is 73.6 Å². The summed E-state index contributed by atoms with van der Waals surface area (Å²) in [5.41, 5.74) is 1.10. The first-order chi connectivity index (χ1) is 11.7. The van der Waals surface area contributed by atoms with E-state index in [0.717, 1.165) is 12.8 Å². The minimum atomic E-state index is -0.444. The summed E-state index contributed by atoms with van der Waals surface area (Å²) in [6.07, 6.45) is 1.11. The van der Waals surface area contributed by atoms with E-state index in [4.69, 9.17) is 10.00 Å². The maximum Gasteiger partial charge on any atom is 0.254 e. The lowest BCUT2D eigenvalue weighted by Crippen LogP contribution is -2.42. The van der Waals surface area contributed by atoms with Crippen LogP contribution in [0.25, 0.3) is 0 Å². The van der Waals surface area contributed by atoms with E-state index < -0.39 is 6.10 Å². The molecule has 1 amide bonds. The fourth-order valence-electron chi connectivity index (χ4n) is 2.75. The van der Waals surface area contributed by atoms with E-state index in [2.05, 4.69) is 6.07 Å². The molecule has 1 aliphatic rings. The molecule has 0 bridgehead atoms. The maximum absolute atomic E-state index is 12.6. The Hall–Kier alpha value is -2.84. The molecule has 1 unspecified atom stereocenters. The van der Waals surface area contributed by atoms with Gasteiger partial charge in [0.2, 0.25) is 0 Å². The number of nitriles is 1. The molecule has 2 aromatic rings. The summed E-state index contributed by atoms with van der Waals surface area (Å²) < 4.78 is 5.75. The lowest BCUT2D eigenvalue weighted by molar-refractivity contribution is 0.0473. The number of amides is 1. The Morgan fingerprint density at radius 3 is 2.71 bits per heavy atom. The Morgan fingerprint density at radius 2 is 2.00 bits per heavy atom. The second-order valence-corrected chi connectivity index (χ2v) is 5.81.